The van der Waals surface area contributed by atoms with E-state index in [1.807, 2.05) is 4.90 Å². The second-order valence-electron chi connectivity index (χ2n) is 6.42. The predicted octanol–water partition coefficient (Wildman–Crippen LogP) is 1.28. The normalized spacial score (nSPS) is 23.4. The van der Waals surface area contributed by atoms with Crippen molar-refractivity contribution in [3.05, 3.63) is 29.8 Å². The number of amides is 1. The molecule has 0 atom stereocenters. The van der Waals surface area contributed by atoms with Gasteiger partial charge in [-0.3, -0.25) is 19.5 Å². The number of hydrogen-bond acceptors (Lipinski definition) is 4. The Kier molecular flexibility index (Phi) is 4.56. The third kappa shape index (κ3) is 4.04. The third-order valence-corrected chi connectivity index (χ3v) is 4.51. The SMILES string of the molecule is O=C(O)CN(CC1CC1)C1CC(NC(=O)c2ccncc2F)C1. The Labute approximate surface area is 133 Å². The fourth-order valence-electron chi connectivity index (χ4n) is 2.97. The van der Waals surface area contributed by atoms with Crippen LogP contribution in [0.1, 0.15) is 36.0 Å². The molecule has 0 radical (unpaired) electrons. The summed E-state index contributed by atoms with van der Waals surface area (Å²) in [7, 11) is 0. The lowest BCUT2D eigenvalue weighted by Gasteiger charge is -2.42. The number of carbonyl (C=O) groups is 2. The summed E-state index contributed by atoms with van der Waals surface area (Å²) in [5, 5.41) is 11.8. The lowest BCUT2D eigenvalue weighted by Crippen LogP contribution is -2.55. The highest BCUT2D eigenvalue weighted by Crippen LogP contribution is 2.33. The number of rotatable bonds is 7. The maximum absolute atomic E-state index is 13.5. The Morgan fingerprint density at radius 2 is 2.13 bits per heavy atom. The van der Waals surface area contributed by atoms with Crippen molar-refractivity contribution in [2.24, 2.45) is 5.92 Å². The molecule has 2 N–H and O–H groups in total. The first-order valence-corrected chi connectivity index (χ1v) is 7.89. The van der Waals surface area contributed by atoms with Crippen LogP contribution >= 0.6 is 0 Å². The van der Waals surface area contributed by atoms with Crippen LogP contribution < -0.4 is 5.32 Å². The highest BCUT2D eigenvalue weighted by molar-refractivity contribution is 5.94. The number of aromatic nitrogens is 1. The molecule has 1 aromatic heterocycles. The summed E-state index contributed by atoms with van der Waals surface area (Å²) in [6.45, 7) is 0.859. The van der Waals surface area contributed by atoms with Gasteiger partial charge in [-0.05, 0) is 37.7 Å². The molecule has 1 amide bonds. The van der Waals surface area contributed by atoms with Gasteiger partial charge in [-0.25, -0.2) is 4.39 Å². The molecule has 7 heteroatoms. The average molecular weight is 321 g/mol. The van der Waals surface area contributed by atoms with E-state index in [2.05, 4.69) is 10.3 Å². The van der Waals surface area contributed by atoms with Gasteiger partial charge in [-0.1, -0.05) is 0 Å². The standard InChI is InChI=1S/C16H20FN3O3/c17-14-7-18-4-3-13(14)16(23)19-11-5-12(6-11)20(9-15(21)22)8-10-1-2-10/h3-4,7,10-12H,1-2,5-6,8-9H2,(H,19,23)(H,21,22). The summed E-state index contributed by atoms with van der Waals surface area (Å²) in [6.07, 6.45) is 6.15. The number of carbonyl (C=O) groups excluding carboxylic acids is 1. The number of nitrogens with one attached hydrogen (secondary N) is 1. The topological polar surface area (TPSA) is 82.5 Å². The Morgan fingerprint density at radius 1 is 1.39 bits per heavy atom. The number of nitrogens with zero attached hydrogens (tertiary/aromatic N) is 2. The smallest absolute Gasteiger partial charge is 0.317 e. The fourth-order valence-corrected chi connectivity index (χ4v) is 2.97. The van der Waals surface area contributed by atoms with E-state index in [4.69, 9.17) is 5.11 Å². The summed E-state index contributed by atoms with van der Waals surface area (Å²) in [5.74, 6) is -1.28. The lowest BCUT2D eigenvalue weighted by molar-refractivity contribution is -0.139. The monoisotopic (exact) mass is 321 g/mol. The van der Waals surface area contributed by atoms with E-state index < -0.39 is 17.7 Å². The van der Waals surface area contributed by atoms with E-state index in [1.165, 1.54) is 25.1 Å². The molecular formula is C16H20FN3O3. The van der Waals surface area contributed by atoms with E-state index in [1.54, 1.807) is 0 Å². The quantitative estimate of drug-likeness (QED) is 0.790. The van der Waals surface area contributed by atoms with Crippen LogP contribution in [0.3, 0.4) is 0 Å². The summed E-state index contributed by atoms with van der Waals surface area (Å²) < 4.78 is 13.5. The van der Waals surface area contributed by atoms with Gasteiger partial charge in [0.25, 0.3) is 5.91 Å². The molecule has 0 spiro atoms. The molecule has 0 aliphatic heterocycles. The molecular weight excluding hydrogens is 301 g/mol. The van der Waals surface area contributed by atoms with Gasteiger partial charge in [0, 0.05) is 24.8 Å². The zero-order chi connectivity index (χ0) is 16.4. The minimum absolute atomic E-state index is 0.0103. The van der Waals surface area contributed by atoms with E-state index >= 15 is 0 Å². The van der Waals surface area contributed by atoms with Gasteiger partial charge in [-0.15, -0.1) is 0 Å². The van der Waals surface area contributed by atoms with E-state index in [9.17, 15) is 14.0 Å². The van der Waals surface area contributed by atoms with Crippen molar-refractivity contribution in [1.29, 1.82) is 0 Å². The molecule has 3 rings (SSSR count). The molecule has 0 bridgehead atoms. The van der Waals surface area contributed by atoms with Gasteiger partial charge in [0.1, 0.15) is 0 Å². The highest BCUT2D eigenvalue weighted by Gasteiger charge is 2.37. The highest BCUT2D eigenvalue weighted by atomic mass is 19.1. The Bertz CT molecular complexity index is 600. The van der Waals surface area contributed by atoms with Crippen molar-refractivity contribution >= 4 is 11.9 Å². The van der Waals surface area contributed by atoms with E-state index in [0.717, 1.165) is 12.7 Å². The maximum Gasteiger partial charge on any atom is 0.317 e. The van der Waals surface area contributed by atoms with Gasteiger partial charge >= 0.3 is 5.97 Å². The van der Waals surface area contributed by atoms with Crippen molar-refractivity contribution < 1.29 is 19.1 Å². The zero-order valence-corrected chi connectivity index (χ0v) is 12.7. The molecule has 23 heavy (non-hydrogen) atoms. The Balaban J connectivity index is 1.50. The van der Waals surface area contributed by atoms with Crippen LogP contribution in [0.15, 0.2) is 18.5 Å². The predicted molar refractivity (Wildman–Crippen MR) is 80.4 cm³/mol. The average Bonchev–Trinajstić information content (AvgIpc) is 3.25. The number of hydrogen-bond donors (Lipinski definition) is 2. The van der Waals surface area contributed by atoms with E-state index in [-0.39, 0.29) is 24.2 Å². The van der Waals surface area contributed by atoms with Crippen LogP contribution in [0.2, 0.25) is 0 Å². The molecule has 6 nitrogen and oxygen atoms in total. The molecule has 1 aromatic rings. The van der Waals surface area contributed by atoms with Crippen LogP contribution in [-0.2, 0) is 4.79 Å². The van der Waals surface area contributed by atoms with Crippen LogP contribution in [0.25, 0.3) is 0 Å². The summed E-state index contributed by atoms with van der Waals surface area (Å²) >= 11 is 0. The molecule has 124 valence electrons. The van der Waals surface area contributed by atoms with Gasteiger partial charge in [0.2, 0.25) is 0 Å². The third-order valence-electron chi connectivity index (χ3n) is 4.51. The first-order valence-electron chi connectivity index (χ1n) is 7.89. The number of pyridine rings is 1. The zero-order valence-electron chi connectivity index (χ0n) is 12.7. The van der Waals surface area contributed by atoms with Crippen molar-refractivity contribution in [2.75, 3.05) is 13.1 Å². The molecule has 2 aliphatic rings. The first-order chi connectivity index (χ1) is 11.0. The molecule has 0 saturated heterocycles. The minimum Gasteiger partial charge on any atom is -0.480 e. The molecule has 2 fully saturated rings. The van der Waals surface area contributed by atoms with Crippen molar-refractivity contribution in [2.45, 2.75) is 37.8 Å². The molecule has 0 aromatic carbocycles. The van der Waals surface area contributed by atoms with Crippen molar-refractivity contribution in [3.63, 3.8) is 0 Å². The van der Waals surface area contributed by atoms with E-state index in [0.29, 0.717) is 18.8 Å². The molecule has 2 aliphatic carbocycles. The number of aliphatic carboxylic acids is 1. The van der Waals surface area contributed by atoms with Crippen molar-refractivity contribution in [1.82, 2.24) is 15.2 Å². The molecule has 1 heterocycles. The van der Waals surface area contributed by atoms with Crippen LogP contribution in [0.4, 0.5) is 4.39 Å². The Morgan fingerprint density at radius 3 is 2.74 bits per heavy atom. The largest absolute Gasteiger partial charge is 0.480 e. The number of halogens is 1. The van der Waals surface area contributed by atoms with Gasteiger partial charge in [0.05, 0.1) is 18.3 Å². The van der Waals surface area contributed by atoms with Crippen molar-refractivity contribution in [3.8, 4) is 0 Å². The maximum atomic E-state index is 13.5. The van der Waals surface area contributed by atoms with Gasteiger partial charge in [0.15, 0.2) is 5.82 Å². The minimum atomic E-state index is -0.822. The summed E-state index contributed by atoms with van der Waals surface area (Å²) in [4.78, 5) is 28.6. The molecule has 2 saturated carbocycles. The Hall–Kier alpha value is -2.02. The van der Waals surface area contributed by atoms with Crippen LogP contribution in [0.5, 0.6) is 0 Å². The lowest BCUT2D eigenvalue weighted by atomic mass is 9.85. The summed E-state index contributed by atoms with van der Waals surface area (Å²) in [6, 6.07) is 1.50. The van der Waals surface area contributed by atoms with Crippen LogP contribution in [0, 0.1) is 11.7 Å². The van der Waals surface area contributed by atoms with Gasteiger partial charge < -0.3 is 10.4 Å². The second kappa shape index (κ2) is 6.62. The van der Waals surface area contributed by atoms with Crippen LogP contribution in [-0.4, -0.2) is 52.0 Å². The first kappa shape index (κ1) is 15.9. The number of carboxylic acid groups (broad SMARTS) is 1. The fraction of sp³-hybridized carbons (Fsp3) is 0.562. The van der Waals surface area contributed by atoms with Gasteiger partial charge in [-0.2, -0.15) is 0 Å². The second-order valence-corrected chi connectivity index (χ2v) is 6.42. The summed E-state index contributed by atoms with van der Waals surface area (Å²) in [5.41, 5.74) is -0.0103. The molecule has 0 unspecified atom stereocenters. The number of carboxylic acids is 1.